The molecule has 9 N–H and O–H groups in total. The number of hydrogen-bond acceptors (Lipinski definition) is 18. The van der Waals surface area contributed by atoms with Crippen LogP contribution in [-0.2, 0) is 36.4 Å². The van der Waals surface area contributed by atoms with Crippen LogP contribution in [0.2, 0.25) is 0 Å². The normalized spacial score (nSPS) is 21.4. The average molecular weight is 820 g/mol. The Kier molecular flexibility index (Phi) is 12.5. The van der Waals surface area contributed by atoms with Crippen LogP contribution in [0.1, 0.15) is 6.23 Å². The van der Waals surface area contributed by atoms with Gasteiger partial charge in [-0.3, -0.25) is 13.9 Å². The number of thioether (sulfide) groups is 1. The van der Waals surface area contributed by atoms with Crippen molar-refractivity contribution in [3.8, 4) is 0 Å². The van der Waals surface area contributed by atoms with E-state index in [1.165, 1.54) is 4.57 Å². The lowest BCUT2D eigenvalue weighted by Gasteiger charge is -2.19. The molecule has 5 rings (SSSR count). The lowest BCUT2D eigenvalue weighted by Crippen LogP contribution is -2.33. The van der Waals surface area contributed by atoms with E-state index < -0.39 is 60.5 Å². The maximum atomic E-state index is 12.9. The summed E-state index contributed by atoms with van der Waals surface area (Å²) in [5.74, 6) is -0.771. The second kappa shape index (κ2) is 16.3. The van der Waals surface area contributed by atoms with E-state index >= 15 is 0 Å². The van der Waals surface area contributed by atoms with Crippen molar-refractivity contribution in [2.45, 2.75) is 29.7 Å². The lowest BCUT2D eigenvalue weighted by molar-refractivity contribution is -0.113. The molecule has 0 aliphatic carbocycles. The van der Waals surface area contributed by atoms with Crippen LogP contribution in [0, 0.1) is 0 Å². The summed E-state index contributed by atoms with van der Waals surface area (Å²) in [5, 5.41) is 32.8. The van der Waals surface area contributed by atoms with E-state index in [-0.39, 0.29) is 27.9 Å². The van der Waals surface area contributed by atoms with Crippen LogP contribution in [0.15, 0.2) is 70.2 Å². The number of nitrogen functional groups attached to an aromatic ring is 1. The Morgan fingerprint density at radius 2 is 1.58 bits per heavy atom. The summed E-state index contributed by atoms with van der Waals surface area (Å²) in [7, 11) is -13.2. The van der Waals surface area contributed by atoms with Crippen molar-refractivity contribution in [2.24, 2.45) is 10.2 Å². The molecule has 6 unspecified atom stereocenters. The van der Waals surface area contributed by atoms with Crippen LogP contribution in [0.5, 0.6) is 0 Å². The van der Waals surface area contributed by atoms with Crippen LogP contribution in [0.25, 0.3) is 11.2 Å². The number of amides is 1. The topological polar surface area (TPSA) is 336 Å². The number of azo groups is 1. The van der Waals surface area contributed by atoms with E-state index in [0.717, 1.165) is 23.8 Å². The van der Waals surface area contributed by atoms with Gasteiger partial charge < -0.3 is 50.5 Å². The molecule has 1 fully saturated rings. The van der Waals surface area contributed by atoms with E-state index in [1.807, 2.05) is 43.3 Å². The van der Waals surface area contributed by atoms with Crippen molar-refractivity contribution in [1.82, 2.24) is 19.5 Å². The van der Waals surface area contributed by atoms with Gasteiger partial charge in [-0.2, -0.15) is 18.8 Å². The summed E-state index contributed by atoms with van der Waals surface area (Å²) in [4.78, 5) is 63.8. The SMILES string of the molecule is CN(C)c1ccc(N=Nc2ccc(NC(=O)CSc3nc4c(N)ncnc4n3C3OC(COP(=O)(O)OP(=O)(O)OP(=O)(O)O)C(O)C3O)cc2)cc1. The average Bonchev–Trinajstić information content (AvgIpc) is 3.57. The minimum atomic E-state index is -5.81. The van der Waals surface area contributed by atoms with Gasteiger partial charge in [0.1, 0.15) is 24.6 Å². The summed E-state index contributed by atoms with van der Waals surface area (Å²) in [6.07, 6.45) is -5.64. The van der Waals surface area contributed by atoms with Crippen molar-refractivity contribution < 1.29 is 66.2 Å². The molecule has 1 saturated heterocycles. The Balaban J connectivity index is 1.24. The summed E-state index contributed by atoms with van der Waals surface area (Å²) in [5.41, 5.74) is 8.71. The molecule has 1 aliphatic rings. The first kappa shape index (κ1) is 40.5. The Bertz CT molecular complexity index is 2120. The number of imidazole rings is 1. The molecule has 0 radical (unpaired) electrons. The largest absolute Gasteiger partial charge is 0.490 e. The van der Waals surface area contributed by atoms with E-state index in [9.17, 15) is 38.5 Å². The molecule has 3 heterocycles. The maximum absolute atomic E-state index is 12.9. The summed E-state index contributed by atoms with van der Waals surface area (Å²) in [6, 6.07) is 14.1. The number of aliphatic hydroxyl groups excluding tert-OH is 2. The second-order valence-corrected chi connectivity index (χ2v) is 16.5. The fourth-order valence-corrected chi connectivity index (χ4v) is 8.51. The molecule has 6 atom stereocenters. The van der Waals surface area contributed by atoms with Gasteiger partial charge in [0, 0.05) is 25.5 Å². The number of aliphatic hydroxyl groups is 2. The van der Waals surface area contributed by atoms with Gasteiger partial charge in [0.25, 0.3) is 0 Å². The Morgan fingerprint density at radius 3 is 2.19 bits per heavy atom. The zero-order chi connectivity index (χ0) is 38.7. The molecule has 53 heavy (non-hydrogen) atoms. The number of fused-ring (bicyclic) bond motifs is 1. The number of phosphoric ester groups is 1. The first-order valence-electron chi connectivity index (χ1n) is 14.8. The number of phosphoric acid groups is 3. The molecule has 0 saturated carbocycles. The molecule has 1 aliphatic heterocycles. The minimum absolute atomic E-state index is 0.0172. The number of ether oxygens (including phenoxy) is 1. The van der Waals surface area contributed by atoms with Crippen LogP contribution in [0.3, 0.4) is 0 Å². The fraction of sp³-hybridized carbons (Fsp3) is 0.308. The smallest absolute Gasteiger partial charge is 0.387 e. The van der Waals surface area contributed by atoms with Crippen molar-refractivity contribution >= 4 is 80.9 Å². The molecule has 0 spiro atoms. The van der Waals surface area contributed by atoms with Gasteiger partial charge in [-0.15, -0.1) is 0 Å². The molecule has 2 aromatic heterocycles. The van der Waals surface area contributed by atoms with Crippen LogP contribution < -0.4 is 16.0 Å². The first-order chi connectivity index (χ1) is 24.8. The van der Waals surface area contributed by atoms with Gasteiger partial charge in [-0.05, 0) is 48.5 Å². The highest BCUT2D eigenvalue weighted by atomic mass is 32.2. The molecular formula is C26H32N9O14P3S. The molecule has 286 valence electrons. The molecule has 0 bridgehead atoms. The van der Waals surface area contributed by atoms with Crippen molar-refractivity contribution in [3.63, 3.8) is 0 Å². The third-order valence-corrected chi connectivity index (χ3v) is 11.8. The van der Waals surface area contributed by atoms with Gasteiger partial charge >= 0.3 is 23.5 Å². The summed E-state index contributed by atoms with van der Waals surface area (Å²) < 4.78 is 53.5. The van der Waals surface area contributed by atoms with E-state index in [2.05, 4.69) is 43.6 Å². The van der Waals surface area contributed by atoms with Crippen molar-refractivity contribution in [3.05, 3.63) is 54.9 Å². The molecule has 27 heteroatoms. The third kappa shape index (κ3) is 10.7. The van der Waals surface area contributed by atoms with E-state index in [0.29, 0.717) is 17.1 Å². The second-order valence-electron chi connectivity index (χ2n) is 11.1. The van der Waals surface area contributed by atoms with Crippen molar-refractivity contribution in [2.75, 3.05) is 42.4 Å². The standard InChI is InChI=1S/C26H32N9O14P3S/c1-34(2)17-9-7-16(8-10-17)33-32-15-5-3-14(4-6-15)30-19(36)12-53-26-31-20-23(27)28-13-29-24(20)35(26)25-22(38)21(37)18(47-25)11-46-51(42,43)49-52(44,45)48-50(39,40)41/h3-10,13,18,21-22,25,37-38H,11-12H2,1-2H3,(H,30,36)(H,42,43)(H,44,45)(H2,27,28,29)(H2,39,40,41). The zero-order valence-electron chi connectivity index (χ0n) is 27.3. The van der Waals surface area contributed by atoms with Crippen LogP contribution in [-0.4, -0.2) is 100.0 Å². The van der Waals surface area contributed by atoms with Crippen LogP contribution in [0.4, 0.5) is 28.6 Å². The minimum Gasteiger partial charge on any atom is -0.387 e. The van der Waals surface area contributed by atoms with Crippen molar-refractivity contribution in [1.29, 1.82) is 0 Å². The number of anilines is 3. The van der Waals surface area contributed by atoms with E-state index in [1.54, 1.807) is 24.3 Å². The number of nitrogens with zero attached hydrogens (tertiary/aromatic N) is 7. The molecular weight excluding hydrogens is 787 g/mol. The molecule has 23 nitrogen and oxygen atoms in total. The van der Waals surface area contributed by atoms with Gasteiger partial charge in [0.05, 0.1) is 23.7 Å². The number of carbonyl (C=O) groups is 1. The zero-order valence-corrected chi connectivity index (χ0v) is 30.8. The number of carbonyl (C=O) groups excluding carboxylic acids is 1. The number of hydrogen-bond donors (Lipinski definition) is 8. The highest BCUT2D eigenvalue weighted by molar-refractivity contribution is 7.99. The van der Waals surface area contributed by atoms with Gasteiger partial charge in [0.15, 0.2) is 28.4 Å². The summed E-state index contributed by atoms with van der Waals surface area (Å²) in [6.45, 7) is -1.06. The fourth-order valence-electron chi connectivity index (χ4n) is 4.66. The summed E-state index contributed by atoms with van der Waals surface area (Å²) >= 11 is 0.875. The molecule has 2 aromatic carbocycles. The highest BCUT2D eigenvalue weighted by Crippen LogP contribution is 2.66. The number of benzene rings is 2. The predicted molar refractivity (Wildman–Crippen MR) is 186 cm³/mol. The maximum Gasteiger partial charge on any atom is 0.490 e. The predicted octanol–water partition coefficient (Wildman–Crippen LogP) is 2.58. The molecule has 4 aromatic rings. The number of aromatic nitrogens is 4. The molecule has 1 amide bonds. The highest BCUT2D eigenvalue weighted by Gasteiger charge is 2.47. The Morgan fingerprint density at radius 1 is 0.962 bits per heavy atom. The quantitative estimate of drug-likeness (QED) is 0.0485. The monoisotopic (exact) mass is 819 g/mol. The first-order valence-corrected chi connectivity index (χ1v) is 20.3. The Hall–Kier alpha value is -3.70. The van der Waals surface area contributed by atoms with Gasteiger partial charge in [-0.25, -0.2) is 28.6 Å². The Labute approximate surface area is 303 Å². The third-order valence-electron chi connectivity index (χ3n) is 7.01. The number of nitrogens with two attached hydrogens (primary N) is 1. The van der Waals surface area contributed by atoms with Gasteiger partial charge in [0.2, 0.25) is 5.91 Å². The van der Waals surface area contributed by atoms with E-state index in [4.69, 9.17) is 20.3 Å². The lowest BCUT2D eigenvalue weighted by atomic mass is 10.1. The van der Waals surface area contributed by atoms with Gasteiger partial charge in [-0.1, -0.05) is 11.8 Å². The van der Waals surface area contributed by atoms with Crippen LogP contribution >= 0.6 is 35.2 Å². The number of nitrogens with one attached hydrogen (secondary N) is 1. The number of rotatable bonds is 15.